The van der Waals surface area contributed by atoms with Crippen molar-refractivity contribution in [2.24, 2.45) is 0 Å². The van der Waals surface area contributed by atoms with Crippen LogP contribution < -0.4 is 15.5 Å². The van der Waals surface area contributed by atoms with Gasteiger partial charge in [-0.05, 0) is 43.7 Å². The molecule has 2 atom stereocenters. The van der Waals surface area contributed by atoms with Crippen LogP contribution in [-0.4, -0.2) is 36.4 Å². The van der Waals surface area contributed by atoms with Crippen LogP contribution in [0.3, 0.4) is 0 Å². The summed E-state index contributed by atoms with van der Waals surface area (Å²) in [5.41, 5.74) is 0.510. The predicted octanol–water partition coefficient (Wildman–Crippen LogP) is 4.22. The minimum Gasteiger partial charge on any atom is -0.351 e. The lowest BCUT2D eigenvalue weighted by Crippen LogP contribution is -2.55. The fraction of sp³-hybridized carbons (Fsp3) is 0.391. The standard InChI is InChI=1S/C23H23ClF3N3O2/c24-18-8-2-1-7-17(18)20(21(31)29-15-12-23(26,27)13-15)30(16-6-3-5-14(25)11-16)22(32)19-9-4-10-28-19/h1-3,5-8,11,15,19-20,28H,4,9-10,12-13H2,(H,29,31). The van der Waals surface area contributed by atoms with Crippen LogP contribution >= 0.6 is 11.6 Å². The lowest BCUT2D eigenvalue weighted by molar-refractivity contribution is -0.133. The Balaban J connectivity index is 1.76. The molecule has 2 aromatic rings. The number of carbonyl (C=O) groups is 2. The molecule has 2 unspecified atom stereocenters. The van der Waals surface area contributed by atoms with Crippen molar-refractivity contribution in [3.8, 4) is 0 Å². The minimum atomic E-state index is -2.82. The fourth-order valence-corrected chi connectivity index (χ4v) is 4.47. The summed E-state index contributed by atoms with van der Waals surface area (Å²) in [6, 6.07) is 9.39. The number of hydrogen-bond acceptors (Lipinski definition) is 3. The first-order valence-corrected chi connectivity index (χ1v) is 10.9. The van der Waals surface area contributed by atoms with Crippen molar-refractivity contribution in [3.63, 3.8) is 0 Å². The first-order valence-electron chi connectivity index (χ1n) is 10.5. The van der Waals surface area contributed by atoms with E-state index in [0.29, 0.717) is 18.5 Å². The van der Waals surface area contributed by atoms with Crippen molar-refractivity contribution < 1.29 is 22.8 Å². The summed E-state index contributed by atoms with van der Waals surface area (Å²) in [4.78, 5) is 28.2. The number of nitrogens with zero attached hydrogens (tertiary/aromatic N) is 1. The zero-order valence-electron chi connectivity index (χ0n) is 17.2. The van der Waals surface area contributed by atoms with Gasteiger partial charge in [-0.15, -0.1) is 0 Å². The quantitative estimate of drug-likeness (QED) is 0.671. The maximum Gasteiger partial charge on any atom is 0.252 e. The molecule has 2 N–H and O–H groups in total. The summed E-state index contributed by atoms with van der Waals surface area (Å²) < 4.78 is 40.8. The second-order valence-corrected chi connectivity index (χ2v) is 8.64. The summed E-state index contributed by atoms with van der Waals surface area (Å²) in [7, 11) is 0. The maximum absolute atomic E-state index is 14.1. The van der Waals surface area contributed by atoms with Gasteiger partial charge in [-0.1, -0.05) is 35.9 Å². The number of halogens is 4. The van der Waals surface area contributed by atoms with Crippen molar-refractivity contribution >= 4 is 29.1 Å². The molecule has 2 amide bonds. The molecule has 2 fully saturated rings. The summed E-state index contributed by atoms with van der Waals surface area (Å²) in [5, 5.41) is 5.96. The smallest absolute Gasteiger partial charge is 0.252 e. The van der Waals surface area contributed by atoms with E-state index in [0.717, 1.165) is 6.42 Å². The summed E-state index contributed by atoms with van der Waals surface area (Å²) >= 11 is 6.39. The molecule has 1 heterocycles. The predicted molar refractivity (Wildman–Crippen MR) is 115 cm³/mol. The summed E-state index contributed by atoms with van der Waals surface area (Å²) in [5.74, 6) is -4.44. The zero-order valence-corrected chi connectivity index (χ0v) is 17.9. The topological polar surface area (TPSA) is 61.4 Å². The van der Waals surface area contributed by atoms with Crippen molar-refractivity contribution in [2.75, 3.05) is 11.4 Å². The molecular weight excluding hydrogens is 443 g/mol. The molecule has 2 aromatic carbocycles. The van der Waals surface area contributed by atoms with E-state index in [1.54, 1.807) is 24.3 Å². The molecule has 9 heteroatoms. The molecule has 1 aliphatic heterocycles. The van der Waals surface area contributed by atoms with E-state index in [2.05, 4.69) is 10.6 Å². The number of anilines is 1. The number of benzene rings is 2. The fourth-order valence-electron chi connectivity index (χ4n) is 4.23. The van der Waals surface area contributed by atoms with Gasteiger partial charge < -0.3 is 10.6 Å². The molecule has 1 saturated heterocycles. The van der Waals surface area contributed by atoms with E-state index in [4.69, 9.17) is 11.6 Å². The molecule has 4 rings (SSSR count). The number of nitrogens with one attached hydrogen (secondary N) is 2. The van der Waals surface area contributed by atoms with E-state index in [1.165, 1.54) is 29.2 Å². The van der Waals surface area contributed by atoms with Crippen LogP contribution in [0.15, 0.2) is 48.5 Å². The Morgan fingerprint density at radius 2 is 1.91 bits per heavy atom. The third kappa shape index (κ3) is 4.76. The van der Waals surface area contributed by atoms with Gasteiger partial charge in [0.2, 0.25) is 11.8 Å². The Hall–Kier alpha value is -2.58. The highest BCUT2D eigenvalue weighted by atomic mass is 35.5. The van der Waals surface area contributed by atoms with Gasteiger partial charge in [0, 0.05) is 35.2 Å². The third-order valence-electron chi connectivity index (χ3n) is 5.83. The number of rotatable bonds is 6. The molecule has 1 saturated carbocycles. The number of carbonyl (C=O) groups excluding carboxylic acids is 2. The molecule has 0 spiro atoms. The molecule has 5 nitrogen and oxygen atoms in total. The number of alkyl halides is 2. The van der Waals surface area contributed by atoms with E-state index in [1.807, 2.05) is 0 Å². The Labute approximate surface area is 188 Å². The van der Waals surface area contributed by atoms with Crippen LogP contribution in [0, 0.1) is 5.82 Å². The Kier molecular flexibility index (Phi) is 6.44. The monoisotopic (exact) mass is 465 g/mol. The maximum atomic E-state index is 14.1. The zero-order chi connectivity index (χ0) is 22.9. The van der Waals surface area contributed by atoms with Crippen LogP contribution in [0.2, 0.25) is 5.02 Å². The molecule has 2 aliphatic rings. The highest BCUT2D eigenvalue weighted by Gasteiger charge is 2.47. The van der Waals surface area contributed by atoms with Gasteiger partial charge in [-0.3, -0.25) is 14.5 Å². The van der Waals surface area contributed by atoms with Crippen LogP contribution in [0.5, 0.6) is 0 Å². The van der Waals surface area contributed by atoms with Gasteiger partial charge in [0.15, 0.2) is 0 Å². The van der Waals surface area contributed by atoms with Gasteiger partial charge in [0.05, 0.1) is 6.04 Å². The Morgan fingerprint density at radius 1 is 1.16 bits per heavy atom. The average molecular weight is 466 g/mol. The van der Waals surface area contributed by atoms with Crippen LogP contribution in [-0.2, 0) is 9.59 Å². The normalized spacial score (nSPS) is 20.9. The van der Waals surface area contributed by atoms with Gasteiger partial charge in [0.1, 0.15) is 11.9 Å². The number of hydrogen-bond donors (Lipinski definition) is 2. The van der Waals surface area contributed by atoms with E-state index in [9.17, 15) is 22.8 Å². The second-order valence-electron chi connectivity index (χ2n) is 8.23. The van der Waals surface area contributed by atoms with Gasteiger partial charge in [0.25, 0.3) is 5.92 Å². The second kappa shape index (κ2) is 9.11. The molecule has 0 aromatic heterocycles. The largest absolute Gasteiger partial charge is 0.351 e. The highest BCUT2D eigenvalue weighted by molar-refractivity contribution is 6.31. The van der Waals surface area contributed by atoms with Crippen molar-refractivity contribution in [2.45, 2.75) is 49.7 Å². The Morgan fingerprint density at radius 3 is 2.53 bits per heavy atom. The SMILES string of the molecule is O=C(NC1CC(F)(F)C1)C(c1ccccc1Cl)N(C(=O)C1CCCN1)c1cccc(F)c1. The van der Waals surface area contributed by atoms with E-state index >= 15 is 0 Å². The van der Waals surface area contributed by atoms with Gasteiger partial charge in [-0.2, -0.15) is 0 Å². The molecular formula is C23H23ClF3N3O2. The first kappa shape index (κ1) is 22.6. The van der Waals surface area contributed by atoms with Gasteiger partial charge in [-0.25, -0.2) is 13.2 Å². The van der Waals surface area contributed by atoms with E-state index in [-0.39, 0.29) is 10.7 Å². The first-order chi connectivity index (χ1) is 15.2. The van der Waals surface area contributed by atoms with Gasteiger partial charge >= 0.3 is 0 Å². The number of amides is 2. The van der Waals surface area contributed by atoms with Crippen LogP contribution in [0.1, 0.15) is 37.3 Å². The molecule has 0 radical (unpaired) electrons. The molecule has 0 bridgehead atoms. The lowest BCUT2D eigenvalue weighted by atomic mass is 9.87. The third-order valence-corrected chi connectivity index (χ3v) is 6.17. The van der Waals surface area contributed by atoms with Crippen molar-refractivity contribution in [1.82, 2.24) is 10.6 Å². The Bertz CT molecular complexity index is 1010. The van der Waals surface area contributed by atoms with Crippen molar-refractivity contribution in [3.05, 3.63) is 64.9 Å². The average Bonchev–Trinajstić information content (AvgIpc) is 3.26. The van der Waals surface area contributed by atoms with E-state index < -0.39 is 54.5 Å². The summed E-state index contributed by atoms with van der Waals surface area (Å²) in [6.45, 7) is 0.646. The summed E-state index contributed by atoms with van der Waals surface area (Å²) in [6.07, 6.45) is 0.419. The van der Waals surface area contributed by atoms with Crippen LogP contribution in [0.25, 0.3) is 0 Å². The van der Waals surface area contributed by atoms with Crippen LogP contribution in [0.4, 0.5) is 18.9 Å². The van der Waals surface area contributed by atoms with Crippen molar-refractivity contribution in [1.29, 1.82) is 0 Å². The molecule has 32 heavy (non-hydrogen) atoms. The highest BCUT2D eigenvalue weighted by Crippen LogP contribution is 2.39. The molecule has 1 aliphatic carbocycles. The minimum absolute atomic E-state index is 0.183. The molecule has 170 valence electrons. The lowest BCUT2D eigenvalue weighted by Gasteiger charge is -2.38.